The summed E-state index contributed by atoms with van der Waals surface area (Å²) in [5, 5.41) is 8.82. The number of aliphatic carboxylic acids is 1. The number of sulfone groups is 1. The van der Waals surface area contributed by atoms with E-state index in [1.807, 2.05) is 0 Å². The number of carboxylic acids is 1. The fraction of sp³-hybridized carbons (Fsp3) is 0.818. The quantitative estimate of drug-likeness (QED) is 0.676. The van der Waals surface area contributed by atoms with Crippen molar-refractivity contribution < 1.29 is 23.1 Å². The first-order valence-electron chi connectivity index (χ1n) is 6.19. The second kappa shape index (κ2) is 6.33. The lowest BCUT2D eigenvalue weighted by Gasteiger charge is -2.36. The van der Waals surface area contributed by atoms with Gasteiger partial charge in [0.15, 0.2) is 9.84 Å². The molecular formula is C11H20N2O5S. The molecule has 3 N–H and O–H groups in total. The van der Waals surface area contributed by atoms with Crippen LogP contribution in [0.2, 0.25) is 0 Å². The maximum Gasteiger partial charge on any atom is 0.305 e. The van der Waals surface area contributed by atoms with E-state index in [2.05, 4.69) is 0 Å². The molecule has 2 atom stereocenters. The van der Waals surface area contributed by atoms with Crippen molar-refractivity contribution >= 4 is 21.7 Å². The van der Waals surface area contributed by atoms with Gasteiger partial charge in [0.2, 0.25) is 5.91 Å². The molecule has 0 radical (unpaired) electrons. The van der Waals surface area contributed by atoms with Gasteiger partial charge in [-0.2, -0.15) is 0 Å². The third kappa shape index (κ3) is 4.46. The maximum absolute atomic E-state index is 12.2. The number of nitrogens with zero attached hydrogens (tertiary/aromatic N) is 1. The first-order valence-corrected chi connectivity index (χ1v) is 8.01. The largest absolute Gasteiger partial charge is 0.481 e. The Labute approximate surface area is 112 Å². The zero-order valence-electron chi connectivity index (χ0n) is 10.9. The predicted molar refractivity (Wildman–Crippen MR) is 69.2 cm³/mol. The topological polar surface area (TPSA) is 118 Å². The summed E-state index contributed by atoms with van der Waals surface area (Å²) in [4.78, 5) is 24.3. The summed E-state index contributed by atoms with van der Waals surface area (Å²) in [6, 6.07) is -0.774. The Balaban J connectivity index is 2.84. The molecule has 0 aliphatic carbocycles. The van der Waals surface area contributed by atoms with E-state index in [0.717, 1.165) is 0 Å². The number of rotatable bonds is 5. The second-order valence-electron chi connectivity index (χ2n) is 4.88. The average Bonchev–Trinajstić information content (AvgIpc) is 2.26. The van der Waals surface area contributed by atoms with Gasteiger partial charge in [0.05, 0.1) is 24.0 Å². The summed E-state index contributed by atoms with van der Waals surface area (Å²) in [6.07, 6.45) is 0.155. The van der Waals surface area contributed by atoms with Gasteiger partial charge in [0.1, 0.15) is 0 Å². The van der Waals surface area contributed by atoms with Gasteiger partial charge < -0.3 is 15.7 Å². The Hall–Kier alpha value is -1.15. The molecule has 0 aromatic heterocycles. The van der Waals surface area contributed by atoms with Crippen LogP contribution in [0.25, 0.3) is 0 Å². The molecule has 1 fully saturated rings. The SMILES string of the molecule is CC(CCN)C(=O)N1CCS(=O)(=O)CC1CC(=O)O. The van der Waals surface area contributed by atoms with E-state index in [1.54, 1.807) is 6.92 Å². The van der Waals surface area contributed by atoms with E-state index in [-0.39, 0.29) is 36.3 Å². The van der Waals surface area contributed by atoms with Crippen molar-refractivity contribution in [2.45, 2.75) is 25.8 Å². The van der Waals surface area contributed by atoms with Gasteiger partial charge in [-0.25, -0.2) is 8.42 Å². The molecule has 1 rings (SSSR count). The molecule has 0 saturated carbocycles. The molecule has 1 amide bonds. The number of carbonyl (C=O) groups is 2. The molecule has 7 nitrogen and oxygen atoms in total. The molecule has 1 saturated heterocycles. The van der Waals surface area contributed by atoms with Crippen molar-refractivity contribution in [1.29, 1.82) is 0 Å². The third-order valence-corrected chi connectivity index (χ3v) is 4.94. The van der Waals surface area contributed by atoms with E-state index in [1.165, 1.54) is 4.90 Å². The number of amides is 1. The normalized spacial score (nSPS) is 23.9. The predicted octanol–water partition coefficient (Wildman–Crippen LogP) is -0.928. The molecular weight excluding hydrogens is 272 g/mol. The van der Waals surface area contributed by atoms with Crippen LogP contribution < -0.4 is 5.73 Å². The number of hydrogen-bond donors (Lipinski definition) is 2. The van der Waals surface area contributed by atoms with E-state index in [9.17, 15) is 18.0 Å². The summed E-state index contributed by atoms with van der Waals surface area (Å²) in [5.74, 6) is -2.02. The molecule has 0 aromatic carbocycles. The van der Waals surface area contributed by atoms with Gasteiger partial charge in [0.25, 0.3) is 0 Å². The Bertz CT molecular complexity index is 448. The molecule has 1 heterocycles. The van der Waals surface area contributed by atoms with E-state index >= 15 is 0 Å². The van der Waals surface area contributed by atoms with E-state index in [4.69, 9.17) is 10.8 Å². The van der Waals surface area contributed by atoms with E-state index in [0.29, 0.717) is 13.0 Å². The Morgan fingerprint density at radius 1 is 1.47 bits per heavy atom. The molecule has 0 spiro atoms. The fourth-order valence-corrected chi connectivity index (χ4v) is 3.73. The van der Waals surface area contributed by atoms with Crippen LogP contribution in [0.1, 0.15) is 19.8 Å². The molecule has 8 heteroatoms. The first kappa shape index (κ1) is 15.9. The van der Waals surface area contributed by atoms with Crippen molar-refractivity contribution in [3.63, 3.8) is 0 Å². The summed E-state index contributed by atoms with van der Waals surface area (Å²) in [6.45, 7) is 2.15. The van der Waals surface area contributed by atoms with Gasteiger partial charge in [-0.1, -0.05) is 6.92 Å². The highest BCUT2D eigenvalue weighted by Crippen LogP contribution is 2.18. The minimum Gasteiger partial charge on any atom is -0.481 e. The van der Waals surface area contributed by atoms with Crippen LogP contribution >= 0.6 is 0 Å². The van der Waals surface area contributed by atoms with Crippen molar-refractivity contribution in [2.24, 2.45) is 11.7 Å². The third-order valence-electron chi connectivity index (χ3n) is 3.24. The second-order valence-corrected chi connectivity index (χ2v) is 7.10. The molecule has 1 aliphatic heterocycles. The highest BCUT2D eigenvalue weighted by Gasteiger charge is 2.36. The summed E-state index contributed by atoms with van der Waals surface area (Å²) in [5.41, 5.74) is 5.39. The Morgan fingerprint density at radius 3 is 2.63 bits per heavy atom. The zero-order chi connectivity index (χ0) is 14.6. The summed E-state index contributed by atoms with van der Waals surface area (Å²) in [7, 11) is -3.26. The van der Waals surface area contributed by atoms with Crippen LogP contribution in [-0.4, -0.2) is 60.9 Å². The molecule has 19 heavy (non-hydrogen) atoms. The zero-order valence-corrected chi connectivity index (χ0v) is 11.7. The smallest absolute Gasteiger partial charge is 0.305 e. The van der Waals surface area contributed by atoms with Crippen LogP contribution in [0.5, 0.6) is 0 Å². The lowest BCUT2D eigenvalue weighted by Crippen LogP contribution is -2.53. The Kier molecular flexibility index (Phi) is 5.30. The molecule has 1 aliphatic rings. The van der Waals surface area contributed by atoms with Crippen LogP contribution in [0, 0.1) is 5.92 Å². The number of carbonyl (C=O) groups excluding carboxylic acids is 1. The van der Waals surface area contributed by atoms with E-state index < -0.39 is 21.8 Å². The maximum atomic E-state index is 12.2. The van der Waals surface area contributed by atoms with Crippen LogP contribution in [0.15, 0.2) is 0 Å². The van der Waals surface area contributed by atoms with Crippen LogP contribution in [0.3, 0.4) is 0 Å². The van der Waals surface area contributed by atoms with Crippen molar-refractivity contribution in [2.75, 3.05) is 24.6 Å². The molecule has 2 unspecified atom stereocenters. The summed E-state index contributed by atoms with van der Waals surface area (Å²) < 4.78 is 23.1. The monoisotopic (exact) mass is 292 g/mol. The van der Waals surface area contributed by atoms with Gasteiger partial charge in [-0.05, 0) is 13.0 Å². The van der Waals surface area contributed by atoms with Gasteiger partial charge in [0, 0.05) is 12.5 Å². The van der Waals surface area contributed by atoms with Crippen LogP contribution in [-0.2, 0) is 19.4 Å². The fourth-order valence-electron chi connectivity index (χ4n) is 2.20. The van der Waals surface area contributed by atoms with Gasteiger partial charge >= 0.3 is 5.97 Å². The lowest BCUT2D eigenvalue weighted by molar-refractivity contribution is -0.142. The van der Waals surface area contributed by atoms with Crippen molar-refractivity contribution in [1.82, 2.24) is 4.90 Å². The average molecular weight is 292 g/mol. The first-order chi connectivity index (χ1) is 8.76. The van der Waals surface area contributed by atoms with Crippen molar-refractivity contribution in [3.05, 3.63) is 0 Å². The highest BCUT2D eigenvalue weighted by atomic mass is 32.2. The number of carboxylic acid groups (broad SMARTS) is 1. The number of nitrogens with two attached hydrogens (primary N) is 1. The van der Waals surface area contributed by atoms with Gasteiger partial charge in [-0.15, -0.1) is 0 Å². The molecule has 0 bridgehead atoms. The standard InChI is InChI=1S/C11H20N2O5S/c1-8(2-3-12)11(16)13-4-5-19(17,18)7-9(13)6-10(14)15/h8-9H,2-7,12H2,1H3,(H,14,15). The molecule has 0 aromatic rings. The van der Waals surface area contributed by atoms with Crippen molar-refractivity contribution in [3.8, 4) is 0 Å². The van der Waals surface area contributed by atoms with Crippen LogP contribution in [0.4, 0.5) is 0 Å². The minimum atomic E-state index is -3.26. The molecule has 110 valence electrons. The number of hydrogen-bond acceptors (Lipinski definition) is 5. The highest BCUT2D eigenvalue weighted by molar-refractivity contribution is 7.91. The lowest BCUT2D eigenvalue weighted by atomic mass is 10.0. The van der Waals surface area contributed by atoms with Gasteiger partial charge in [-0.3, -0.25) is 9.59 Å². The Morgan fingerprint density at radius 2 is 2.11 bits per heavy atom. The summed E-state index contributed by atoms with van der Waals surface area (Å²) >= 11 is 0. The minimum absolute atomic E-state index is 0.0635.